The number of nitrogens with one attached hydrogen (secondary N) is 1. The zero-order chi connectivity index (χ0) is 10.2. The molecule has 0 radical (unpaired) electrons. The molecule has 2 saturated carbocycles. The first-order valence-electron chi connectivity index (χ1n) is 5.19. The van der Waals surface area contributed by atoms with Gasteiger partial charge in [0.15, 0.2) is 0 Å². The van der Waals surface area contributed by atoms with Gasteiger partial charge in [0.25, 0.3) is 0 Å². The number of carboxylic acids is 1. The van der Waals surface area contributed by atoms with Crippen molar-refractivity contribution in [2.45, 2.75) is 44.1 Å². The van der Waals surface area contributed by atoms with E-state index in [2.05, 4.69) is 5.32 Å². The summed E-state index contributed by atoms with van der Waals surface area (Å²) in [6.07, 6.45) is 5.00. The molecular weight excluding hydrogens is 182 g/mol. The summed E-state index contributed by atoms with van der Waals surface area (Å²) in [6, 6.07) is 0. The van der Waals surface area contributed by atoms with Gasteiger partial charge in [-0.1, -0.05) is 6.42 Å². The lowest BCUT2D eigenvalue weighted by atomic mass is 9.75. The molecule has 4 heteroatoms. The van der Waals surface area contributed by atoms with E-state index in [1.54, 1.807) is 0 Å². The van der Waals surface area contributed by atoms with E-state index in [0.29, 0.717) is 12.8 Å². The van der Waals surface area contributed by atoms with Crippen molar-refractivity contribution in [2.24, 2.45) is 5.92 Å². The fraction of sp³-hybridized carbons (Fsp3) is 0.800. The van der Waals surface area contributed by atoms with Crippen molar-refractivity contribution in [2.75, 3.05) is 0 Å². The van der Waals surface area contributed by atoms with E-state index >= 15 is 0 Å². The first kappa shape index (κ1) is 9.49. The summed E-state index contributed by atoms with van der Waals surface area (Å²) in [5.74, 6) is -0.860. The Morgan fingerprint density at radius 3 is 2.14 bits per heavy atom. The minimum Gasteiger partial charge on any atom is -0.480 e. The minimum absolute atomic E-state index is 0.0571. The second-order valence-corrected chi connectivity index (χ2v) is 4.36. The molecular formula is C10H15NO3. The predicted molar refractivity (Wildman–Crippen MR) is 49.7 cm³/mol. The quantitative estimate of drug-likeness (QED) is 0.706. The Morgan fingerprint density at radius 2 is 1.86 bits per heavy atom. The van der Waals surface area contributed by atoms with Crippen LogP contribution >= 0.6 is 0 Å². The molecule has 0 spiro atoms. The standard InChI is InChI=1S/C10H15NO3/c12-8(7-3-1-4-7)11-10(9(13)14)5-2-6-10/h7H,1-6H2,(H,11,12)(H,13,14). The van der Waals surface area contributed by atoms with Crippen LogP contribution in [0.15, 0.2) is 0 Å². The fourth-order valence-electron chi connectivity index (χ4n) is 1.93. The van der Waals surface area contributed by atoms with Crippen LogP contribution in [-0.4, -0.2) is 22.5 Å². The van der Waals surface area contributed by atoms with Crippen molar-refractivity contribution in [3.8, 4) is 0 Å². The Balaban J connectivity index is 1.94. The van der Waals surface area contributed by atoms with Crippen LogP contribution in [0.1, 0.15) is 38.5 Å². The van der Waals surface area contributed by atoms with Crippen molar-refractivity contribution in [3.63, 3.8) is 0 Å². The third-order valence-electron chi connectivity index (χ3n) is 3.45. The molecule has 2 aliphatic carbocycles. The summed E-state index contributed by atoms with van der Waals surface area (Å²) in [5, 5.41) is 11.7. The molecule has 0 saturated heterocycles. The van der Waals surface area contributed by atoms with Crippen LogP contribution in [0.3, 0.4) is 0 Å². The highest BCUT2D eigenvalue weighted by Crippen LogP contribution is 2.34. The molecule has 0 aromatic heterocycles. The molecule has 14 heavy (non-hydrogen) atoms. The number of carbonyl (C=O) groups excluding carboxylic acids is 1. The van der Waals surface area contributed by atoms with Gasteiger partial charge in [-0.3, -0.25) is 4.79 Å². The van der Waals surface area contributed by atoms with Crippen LogP contribution in [0, 0.1) is 5.92 Å². The lowest BCUT2D eigenvalue weighted by molar-refractivity contribution is -0.153. The molecule has 2 aliphatic rings. The summed E-state index contributed by atoms with van der Waals surface area (Å²) in [6.45, 7) is 0. The summed E-state index contributed by atoms with van der Waals surface area (Å²) >= 11 is 0. The molecule has 4 nitrogen and oxygen atoms in total. The predicted octanol–water partition coefficient (Wildman–Crippen LogP) is 0.910. The SMILES string of the molecule is O=C(NC1(C(=O)O)CCC1)C1CCC1. The molecule has 78 valence electrons. The molecule has 2 N–H and O–H groups in total. The Labute approximate surface area is 82.7 Å². The van der Waals surface area contributed by atoms with Crippen LogP contribution < -0.4 is 5.32 Å². The fourth-order valence-corrected chi connectivity index (χ4v) is 1.93. The third-order valence-corrected chi connectivity index (χ3v) is 3.45. The number of carbonyl (C=O) groups is 2. The van der Waals surface area contributed by atoms with Gasteiger partial charge in [-0.2, -0.15) is 0 Å². The van der Waals surface area contributed by atoms with Crippen molar-refractivity contribution < 1.29 is 14.7 Å². The van der Waals surface area contributed by atoms with Crippen LogP contribution in [0.5, 0.6) is 0 Å². The summed E-state index contributed by atoms with van der Waals surface area (Å²) in [5.41, 5.74) is -0.924. The number of amides is 1. The van der Waals surface area contributed by atoms with E-state index in [-0.39, 0.29) is 11.8 Å². The van der Waals surface area contributed by atoms with Gasteiger partial charge < -0.3 is 10.4 Å². The van der Waals surface area contributed by atoms with E-state index < -0.39 is 11.5 Å². The van der Waals surface area contributed by atoms with Gasteiger partial charge in [-0.05, 0) is 32.1 Å². The molecule has 0 unspecified atom stereocenters. The number of rotatable bonds is 3. The highest BCUT2D eigenvalue weighted by molar-refractivity contribution is 5.89. The van der Waals surface area contributed by atoms with Gasteiger partial charge in [0.2, 0.25) is 5.91 Å². The number of hydrogen-bond donors (Lipinski definition) is 2. The van der Waals surface area contributed by atoms with E-state index in [4.69, 9.17) is 5.11 Å². The third kappa shape index (κ3) is 1.38. The molecule has 1 amide bonds. The van der Waals surface area contributed by atoms with Crippen molar-refractivity contribution >= 4 is 11.9 Å². The topological polar surface area (TPSA) is 66.4 Å². The van der Waals surface area contributed by atoms with Crippen LogP contribution in [0.2, 0.25) is 0 Å². The van der Waals surface area contributed by atoms with Gasteiger partial charge in [0.1, 0.15) is 5.54 Å². The second-order valence-electron chi connectivity index (χ2n) is 4.36. The molecule has 0 aromatic rings. The Hall–Kier alpha value is -1.06. The maximum Gasteiger partial charge on any atom is 0.329 e. The monoisotopic (exact) mass is 197 g/mol. The van der Waals surface area contributed by atoms with Crippen molar-refractivity contribution in [1.29, 1.82) is 0 Å². The van der Waals surface area contributed by atoms with Crippen LogP contribution in [0.25, 0.3) is 0 Å². The zero-order valence-corrected chi connectivity index (χ0v) is 8.08. The second kappa shape index (κ2) is 3.26. The molecule has 0 aliphatic heterocycles. The lowest BCUT2D eigenvalue weighted by Crippen LogP contribution is -2.60. The number of carboxylic acid groups (broad SMARTS) is 1. The van der Waals surface area contributed by atoms with Gasteiger partial charge in [-0.25, -0.2) is 4.79 Å². The number of aliphatic carboxylic acids is 1. The van der Waals surface area contributed by atoms with Crippen molar-refractivity contribution in [3.05, 3.63) is 0 Å². The Kier molecular flexibility index (Phi) is 2.21. The largest absolute Gasteiger partial charge is 0.480 e. The van der Waals surface area contributed by atoms with Crippen LogP contribution in [0.4, 0.5) is 0 Å². The van der Waals surface area contributed by atoms with E-state index in [1.165, 1.54) is 0 Å². The smallest absolute Gasteiger partial charge is 0.329 e. The molecule has 0 atom stereocenters. The average molecular weight is 197 g/mol. The normalized spacial score (nSPS) is 24.6. The van der Waals surface area contributed by atoms with Gasteiger partial charge in [-0.15, -0.1) is 0 Å². The maximum atomic E-state index is 11.6. The van der Waals surface area contributed by atoms with E-state index in [0.717, 1.165) is 25.7 Å². The first-order chi connectivity index (χ1) is 6.64. The van der Waals surface area contributed by atoms with Gasteiger partial charge >= 0.3 is 5.97 Å². The Bertz CT molecular complexity index is 267. The summed E-state index contributed by atoms with van der Waals surface area (Å²) in [4.78, 5) is 22.5. The van der Waals surface area contributed by atoms with Gasteiger partial charge in [0, 0.05) is 5.92 Å². The average Bonchev–Trinajstić information content (AvgIpc) is 1.92. The molecule has 2 rings (SSSR count). The summed E-state index contributed by atoms with van der Waals surface area (Å²) in [7, 11) is 0. The lowest BCUT2D eigenvalue weighted by Gasteiger charge is -2.40. The van der Waals surface area contributed by atoms with E-state index in [1.807, 2.05) is 0 Å². The Morgan fingerprint density at radius 1 is 1.21 bits per heavy atom. The van der Waals surface area contributed by atoms with Crippen LogP contribution in [-0.2, 0) is 9.59 Å². The maximum absolute atomic E-state index is 11.6. The summed E-state index contributed by atoms with van der Waals surface area (Å²) < 4.78 is 0. The minimum atomic E-state index is -0.924. The first-order valence-corrected chi connectivity index (χ1v) is 5.19. The van der Waals surface area contributed by atoms with E-state index in [9.17, 15) is 9.59 Å². The highest BCUT2D eigenvalue weighted by atomic mass is 16.4. The molecule has 2 fully saturated rings. The molecule has 0 aromatic carbocycles. The molecule has 0 bridgehead atoms. The van der Waals surface area contributed by atoms with Crippen molar-refractivity contribution in [1.82, 2.24) is 5.32 Å². The van der Waals surface area contributed by atoms with Gasteiger partial charge in [0.05, 0.1) is 0 Å². The molecule has 0 heterocycles. The number of hydrogen-bond acceptors (Lipinski definition) is 2. The highest BCUT2D eigenvalue weighted by Gasteiger charge is 2.46. The zero-order valence-electron chi connectivity index (χ0n) is 8.08.